The Balaban J connectivity index is 1.81. The van der Waals surface area contributed by atoms with Gasteiger partial charge in [0.1, 0.15) is 0 Å². The van der Waals surface area contributed by atoms with Crippen molar-refractivity contribution in [1.29, 1.82) is 0 Å². The van der Waals surface area contributed by atoms with Crippen molar-refractivity contribution in [2.45, 2.75) is 32.2 Å². The van der Waals surface area contributed by atoms with Crippen molar-refractivity contribution in [3.8, 4) is 0 Å². The minimum absolute atomic E-state index is 0.639. The lowest BCUT2D eigenvalue weighted by Gasteiger charge is -2.52. The highest BCUT2D eigenvalue weighted by atomic mass is 14.9. The summed E-state index contributed by atoms with van der Waals surface area (Å²) in [6.07, 6.45) is 1.17. The molecule has 1 nitrogen and oxygen atoms in total. The molecule has 4 atom stereocenters. The molecule has 0 aromatic heterocycles. The second-order valence-electron chi connectivity index (χ2n) is 6.23. The average Bonchev–Trinajstić information content (AvgIpc) is 2.54. The van der Waals surface area contributed by atoms with Gasteiger partial charge in [0.2, 0.25) is 0 Å². The van der Waals surface area contributed by atoms with E-state index in [-0.39, 0.29) is 0 Å². The van der Waals surface area contributed by atoms with Gasteiger partial charge in [-0.1, -0.05) is 74.5 Å². The van der Waals surface area contributed by atoms with Crippen molar-refractivity contribution < 1.29 is 0 Å². The van der Waals surface area contributed by atoms with Gasteiger partial charge in [-0.3, -0.25) is 0 Å². The molecule has 1 aliphatic rings. The third-order valence-corrected chi connectivity index (χ3v) is 4.99. The summed E-state index contributed by atoms with van der Waals surface area (Å²) in [5, 5.41) is 3.70. The van der Waals surface area contributed by atoms with Gasteiger partial charge in [-0.2, -0.15) is 0 Å². The Kier molecular flexibility index (Phi) is 4.40. The number of nitrogens with one attached hydrogen (secondary N) is 1. The molecule has 110 valence electrons. The fraction of sp³-hybridized carbons (Fsp3) is 0.400. The summed E-state index contributed by atoms with van der Waals surface area (Å²) in [6.45, 7) is 5.66. The predicted molar refractivity (Wildman–Crippen MR) is 89.4 cm³/mol. The molecule has 0 amide bonds. The van der Waals surface area contributed by atoms with E-state index >= 15 is 0 Å². The van der Waals surface area contributed by atoms with Gasteiger partial charge in [0.25, 0.3) is 0 Å². The Morgan fingerprint density at radius 3 is 2.14 bits per heavy atom. The molecule has 0 saturated heterocycles. The minimum atomic E-state index is 0.639. The second-order valence-corrected chi connectivity index (χ2v) is 6.23. The summed E-state index contributed by atoms with van der Waals surface area (Å²) < 4.78 is 0. The Bertz CT molecular complexity index is 549. The molecule has 0 bridgehead atoms. The molecule has 0 heterocycles. The zero-order chi connectivity index (χ0) is 14.7. The Morgan fingerprint density at radius 2 is 1.52 bits per heavy atom. The van der Waals surface area contributed by atoms with E-state index in [1.54, 1.807) is 0 Å². The summed E-state index contributed by atoms with van der Waals surface area (Å²) >= 11 is 0. The van der Waals surface area contributed by atoms with Crippen LogP contribution in [0.1, 0.15) is 30.9 Å². The fourth-order valence-corrected chi connectivity index (χ4v) is 4.02. The molecule has 4 unspecified atom stereocenters. The van der Waals surface area contributed by atoms with Crippen LogP contribution in [0.3, 0.4) is 0 Å². The zero-order valence-corrected chi connectivity index (χ0v) is 13.0. The maximum absolute atomic E-state index is 3.70. The van der Waals surface area contributed by atoms with Crippen LogP contribution in [-0.4, -0.2) is 12.6 Å². The third kappa shape index (κ3) is 2.89. The van der Waals surface area contributed by atoms with E-state index in [2.05, 4.69) is 79.8 Å². The Labute approximate surface area is 128 Å². The number of benzene rings is 2. The molecule has 1 saturated carbocycles. The summed E-state index contributed by atoms with van der Waals surface area (Å²) in [6, 6.07) is 22.6. The topological polar surface area (TPSA) is 12.0 Å². The first-order valence-corrected chi connectivity index (χ1v) is 8.13. The molecule has 1 N–H and O–H groups in total. The monoisotopic (exact) mass is 279 g/mol. The summed E-state index contributed by atoms with van der Waals surface area (Å²) in [5.41, 5.74) is 2.96. The molecule has 2 aromatic rings. The van der Waals surface area contributed by atoms with Crippen LogP contribution < -0.4 is 5.32 Å². The fourth-order valence-electron chi connectivity index (χ4n) is 4.02. The van der Waals surface area contributed by atoms with Gasteiger partial charge >= 0.3 is 0 Å². The molecule has 1 fully saturated rings. The van der Waals surface area contributed by atoms with E-state index in [1.165, 1.54) is 17.5 Å². The smallest absolute Gasteiger partial charge is 0.0136 e. The maximum atomic E-state index is 3.70. The lowest BCUT2D eigenvalue weighted by Crippen LogP contribution is -2.56. The van der Waals surface area contributed by atoms with E-state index in [9.17, 15) is 0 Å². The van der Waals surface area contributed by atoms with Gasteiger partial charge < -0.3 is 5.32 Å². The molecule has 1 aliphatic carbocycles. The summed E-state index contributed by atoms with van der Waals surface area (Å²) in [4.78, 5) is 0. The van der Waals surface area contributed by atoms with Gasteiger partial charge in [0, 0.05) is 6.04 Å². The predicted octanol–water partition coefficient (Wildman–Crippen LogP) is 4.26. The highest BCUT2D eigenvalue weighted by Gasteiger charge is 2.47. The average molecular weight is 279 g/mol. The van der Waals surface area contributed by atoms with Crippen LogP contribution in [0.2, 0.25) is 0 Å². The molecule has 3 rings (SSSR count). The van der Waals surface area contributed by atoms with Crippen molar-refractivity contribution >= 4 is 0 Å². The van der Waals surface area contributed by atoms with Crippen molar-refractivity contribution in [2.24, 2.45) is 11.8 Å². The lowest BCUT2D eigenvalue weighted by atomic mass is 9.57. The van der Waals surface area contributed by atoms with Crippen LogP contribution >= 0.6 is 0 Å². The van der Waals surface area contributed by atoms with Crippen molar-refractivity contribution in [2.75, 3.05) is 6.54 Å². The van der Waals surface area contributed by atoms with E-state index in [4.69, 9.17) is 0 Å². The number of rotatable bonds is 5. The van der Waals surface area contributed by atoms with Gasteiger partial charge in [-0.05, 0) is 41.8 Å². The van der Waals surface area contributed by atoms with E-state index in [0.717, 1.165) is 6.54 Å². The van der Waals surface area contributed by atoms with Crippen LogP contribution in [0, 0.1) is 11.8 Å². The van der Waals surface area contributed by atoms with Gasteiger partial charge in [0.15, 0.2) is 0 Å². The summed E-state index contributed by atoms with van der Waals surface area (Å²) in [7, 11) is 0. The number of hydrogen-bond donors (Lipinski definition) is 1. The number of hydrogen-bond acceptors (Lipinski definition) is 1. The standard InChI is InChI=1S/C20H25N/c1-3-21-20-15(2)19(17-12-8-5-9-13-17)18(20)14-16-10-6-4-7-11-16/h4-13,15,18-21H,3,14H2,1-2H3. The highest BCUT2D eigenvalue weighted by molar-refractivity contribution is 5.28. The molecule has 0 radical (unpaired) electrons. The van der Waals surface area contributed by atoms with Gasteiger partial charge in [-0.25, -0.2) is 0 Å². The molecule has 0 spiro atoms. The van der Waals surface area contributed by atoms with Crippen LogP contribution in [-0.2, 0) is 6.42 Å². The van der Waals surface area contributed by atoms with Crippen molar-refractivity contribution in [3.05, 3.63) is 71.8 Å². The third-order valence-electron chi connectivity index (χ3n) is 4.99. The SMILES string of the molecule is CCNC1C(C)C(c2ccccc2)C1Cc1ccccc1. The maximum Gasteiger partial charge on any atom is 0.0136 e. The quantitative estimate of drug-likeness (QED) is 0.862. The van der Waals surface area contributed by atoms with E-state index < -0.39 is 0 Å². The van der Waals surface area contributed by atoms with Crippen LogP contribution in [0.4, 0.5) is 0 Å². The molecule has 0 aliphatic heterocycles. The largest absolute Gasteiger partial charge is 0.314 e. The Morgan fingerprint density at radius 1 is 0.905 bits per heavy atom. The van der Waals surface area contributed by atoms with Crippen molar-refractivity contribution in [3.63, 3.8) is 0 Å². The highest BCUT2D eigenvalue weighted by Crippen LogP contribution is 2.49. The molecular formula is C20H25N. The molecule has 21 heavy (non-hydrogen) atoms. The lowest BCUT2D eigenvalue weighted by molar-refractivity contribution is 0.0832. The van der Waals surface area contributed by atoms with Crippen LogP contribution in [0.15, 0.2) is 60.7 Å². The first kappa shape index (κ1) is 14.3. The van der Waals surface area contributed by atoms with Crippen LogP contribution in [0.5, 0.6) is 0 Å². The van der Waals surface area contributed by atoms with E-state index in [1.807, 2.05) is 0 Å². The van der Waals surface area contributed by atoms with E-state index in [0.29, 0.717) is 23.8 Å². The molecular weight excluding hydrogens is 254 g/mol. The zero-order valence-electron chi connectivity index (χ0n) is 13.0. The first-order chi connectivity index (χ1) is 10.3. The normalized spacial score (nSPS) is 28.1. The van der Waals surface area contributed by atoms with Gasteiger partial charge in [-0.15, -0.1) is 0 Å². The first-order valence-electron chi connectivity index (χ1n) is 8.13. The second kappa shape index (κ2) is 6.44. The van der Waals surface area contributed by atoms with Crippen LogP contribution in [0.25, 0.3) is 0 Å². The molecule has 2 aromatic carbocycles. The van der Waals surface area contributed by atoms with Gasteiger partial charge in [0.05, 0.1) is 0 Å². The van der Waals surface area contributed by atoms with Crippen molar-refractivity contribution in [1.82, 2.24) is 5.32 Å². The minimum Gasteiger partial charge on any atom is -0.314 e. The Hall–Kier alpha value is -1.60. The molecule has 1 heteroatoms. The summed E-state index contributed by atoms with van der Waals surface area (Å²) in [5.74, 6) is 2.08.